The predicted molar refractivity (Wildman–Crippen MR) is 60.1 cm³/mol. The summed E-state index contributed by atoms with van der Waals surface area (Å²) in [6.45, 7) is 1.59. The molecule has 0 radical (unpaired) electrons. The van der Waals surface area contributed by atoms with E-state index in [4.69, 9.17) is 5.73 Å². The summed E-state index contributed by atoms with van der Waals surface area (Å²) in [5.74, 6) is -2.42. The van der Waals surface area contributed by atoms with Crippen LogP contribution in [0.3, 0.4) is 0 Å². The molecule has 1 amide bonds. The van der Waals surface area contributed by atoms with Gasteiger partial charge in [-0.3, -0.25) is 4.79 Å². The molecule has 0 aliphatic heterocycles. The van der Waals surface area contributed by atoms with Gasteiger partial charge in [0.15, 0.2) is 17.4 Å². The van der Waals surface area contributed by atoms with Gasteiger partial charge in [-0.15, -0.1) is 0 Å². The molecule has 0 fully saturated rings. The minimum atomic E-state index is -1.07. The topological polar surface area (TPSA) is 69.4 Å². The molecule has 0 saturated heterocycles. The second kappa shape index (κ2) is 6.09. The molecule has 1 atom stereocenters. The van der Waals surface area contributed by atoms with Gasteiger partial charge in [0.05, 0.1) is 0 Å². The Bertz CT molecular complexity index is 463. The van der Waals surface area contributed by atoms with Crippen molar-refractivity contribution >= 4 is 11.9 Å². The van der Waals surface area contributed by atoms with Crippen molar-refractivity contribution in [3.63, 3.8) is 0 Å². The Morgan fingerprint density at radius 3 is 2.56 bits per heavy atom. The van der Waals surface area contributed by atoms with E-state index >= 15 is 0 Å². The second-order valence-electron chi connectivity index (χ2n) is 3.84. The van der Waals surface area contributed by atoms with Crippen LogP contribution < -0.4 is 5.73 Å². The molecule has 1 rings (SSSR count). The number of benzene rings is 1. The van der Waals surface area contributed by atoms with Crippen molar-refractivity contribution in [1.29, 1.82) is 0 Å². The number of rotatable bonds is 5. The van der Waals surface area contributed by atoms with Gasteiger partial charge in [0.25, 0.3) is 0 Å². The average Bonchev–Trinajstić information content (AvgIpc) is 2.28. The highest BCUT2D eigenvalue weighted by Crippen LogP contribution is 2.12. The Morgan fingerprint density at radius 1 is 1.33 bits per heavy atom. The van der Waals surface area contributed by atoms with Gasteiger partial charge in [-0.25, -0.2) is 13.6 Å². The molecule has 0 heterocycles. The first-order chi connectivity index (χ1) is 8.40. The predicted octanol–water partition coefficient (Wildman–Crippen LogP) is 2.41. The average molecular weight is 257 g/mol. The quantitative estimate of drug-likeness (QED) is 0.823. The summed E-state index contributed by atoms with van der Waals surface area (Å²) in [7, 11) is 0. The van der Waals surface area contributed by atoms with E-state index in [0.29, 0.717) is 0 Å². The third kappa shape index (κ3) is 4.12. The number of Topliss-reactive ketones (excluding diaryl/α,β-unsaturated/α-hetero) is 1. The Hall–Kier alpha value is -1.98. The lowest BCUT2D eigenvalue weighted by Crippen LogP contribution is -2.21. The Kier molecular flexibility index (Phi) is 4.76. The summed E-state index contributed by atoms with van der Waals surface area (Å²) >= 11 is 0. The maximum Gasteiger partial charge on any atom is 0.404 e. The molecule has 0 aliphatic rings. The highest BCUT2D eigenvalue weighted by molar-refractivity contribution is 5.96. The van der Waals surface area contributed by atoms with Crippen molar-refractivity contribution in [2.45, 2.75) is 25.9 Å². The van der Waals surface area contributed by atoms with E-state index in [-0.39, 0.29) is 24.2 Å². The van der Waals surface area contributed by atoms with Crippen molar-refractivity contribution in [3.05, 3.63) is 35.4 Å². The first-order valence-electron chi connectivity index (χ1n) is 5.34. The third-order valence-electron chi connectivity index (χ3n) is 2.34. The largest absolute Gasteiger partial charge is 0.447 e. The van der Waals surface area contributed by atoms with Crippen LogP contribution in [0.2, 0.25) is 0 Å². The standard InChI is InChI=1S/C12H13F2NO3/c1-7(18-12(15)17)2-5-11(16)8-3-4-9(13)10(14)6-8/h3-4,6-7H,2,5H2,1H3,(H2,15,17)/t7-/m0/s1. The molecule has 0 spiro atoms. The van der Waals surface area contributed by atoms with Crippen LogP contribution in [0.5, 0.6) is 0 Å². The Labute approximate surface area is 103 Å². The Morgan fingerprint density at radius 2 is 2.00 bits per heavy atom. The van der Waals surface area contributed by atoms with Crippen molar-refractivity contribution in [1.82, 2.24) is 0 Å². The summed E-state index contributed by atoms with van der Waals surface area (Å²) in [4.78, 5) is 22.1. The minimum Gasteiger partial charge on any atom is -0.447 e. The Balaban J connectivity index is 2.55. The molecule has 6 heteroatoms. The van der Waals surface area contributed by atoms with E-state index in [1.165, 1.54) is 6.07 Å². The van der Waals surface area contributed by atoms with Crippen molar-refractivity contribution in [2.24, 2.45) is 5.73 Å². The van der Waals surface area contributed by atoms with Crippen molar-refractivity contribution in [3.8, 4) is 0 Å². The minimum absolute atomic E-state index is 0.0551. The van der Waals surface area contributed by atoms with Crippen LogP contribution in [-0.4, -0.2) is 18.0 Å². The zero-order chi connectivity index (χ0) is 13.7. The summed E-state index contributed by atoms with van der Waals surface area (Å²) in [6, 6.07) is 2.95. The first-order valence-corrected chi connectivity index (χ1v) is 5.34. The van der Waals surface area contributed by atoms with Gasteiger partial charge < -0.3 is 10.5 Å². The first kappa shape index (κ1) is 14.1. The van der Waals surface area contributed by atoms with Crippen LogP contribution in [0.1, 0.15) is 30.1 Å². The molecule has 0 bridgehead atoms. The van der Waals surface area contributed by atoms with E-state index in [9.17, 15) is 18.4 Å². The summed E-state index contributed by atoms with van der Waals surface area (Å²) in [6.07, 6.45) is -1.10. The number of ether oxygens (including phenoxy) is 1. The maximum atomic E-state index is 12.9. The molecule has 98 valence electrons. The van der Waals surface area contributed by atoms with E-state index in [1.807, 2.05) is 0 Å². The van der Waals surface area contributed by atoms with Gasteiger partial charge in [0.2, 0.25) is 0 Å². The molecule has 18 heavy (non-hydrogen) atoms. The lowest BCUT2D eigenvalue weighted by molar-refractivity contribution is 0.0897. The fourth-order valence-corrected chi connectivity index (χ4v) is 1.41. The molecule has 0 unspecified atom stereocenters. The van der Waals surface area contributed by atoms with Gasteiger partial charge in [-0.05, 0) is 31.5 Å². The molecular formula is C12H13F2NO3. The highest BCUT2D eigenvalue weighted by Gasteiger charge is 2.13. The lowest BCUT2D eigenvalue weighted by Gasteiger charge is -2.10. The summed E-state index contributed by atoms with van der Waals surface area (Å²) < 4.78 is 30.2. The highest BCUT2D eigenvalue weighted by atomic mass is 19.2. The van der Waals surface area contributed by atoms with Gasteiger partial charge in [-0.2, -0.15) is 0 Å². The normalized spacial score (nSPS) is 11.9. The smallest absolute Gasteiger partial charge is 0.404 e. The van der Waals surface area contributed by atoms with Crippen molar-refractivity contribution < 1.29 is 23.1 Å². The SMILES string of the molecule is C[C@@H](CCC(=O)c1ccc(F)c(F)c1)OC(N)=O. The van der Waals surface area contributed by atoms with Gasteiger partial charge in [0, 0.05) is 12.0 Å². The van der Waals surface area contributed by atoms with Crippen molar-refractivity contribution in [2.75, 3.05) is 0 Å². The van der Waals surface area contributed by atoms with Crippen LogP contribution in [0, 0.1) is 11.6 Å². The lowest BCUT2D eigenvalue weighted by atomic mass is 10.0. The van der Waals surface area contributed by atoms with E-state index in [1.54, 1.807) is 6.92 Å². The number of hydrogen-bond donors (Lipinski definition) is 1. The molecule has 0 aliphatic carbocycles. The number of nitrogens with two attached hydrogens (primary N) is 1. The molecule has 1 aromatic carbocycles. The number of primary amides is 1. The molecule has 0 saturated carbocycles. The molecule has 0 aromatic heterocycles. The van der Waals surface area contributed by atoms with Crippen LogP contribution in [0.15, 0.2) is 18.2 Å². The van der Waals surface area contributed by atoms with Crippen LogP contribution in [0.25, 0.3) is 0 Å². The van der Waals surface area contributed by atoms with Gasteiger partial charge in [-0.1, -0.05) is 0 Å². The van der Waals surface area contributed by atoms with Crippen LogP contribution in [0.4, 0.5) is 13.6 Å². The molecule has 2 N–H and O–H groups in total. The second-order valence-corrected chi connectivity index (χ2v) is 3.84. The zero-order valence-corrected chi connectivity index (χ0v) is 9.78. The number of hydrogen-bond acceptors (Lipinski definition) is 3. The van der Waals surface area contributed by atoms with E-state index < -0.39 is 23.8 Å². The fourth-order valence-electron chi connectivity index (χ4n) is 1.41. The van der Waals surface area contributed by atoms with Crippen LogP contribution >= 0.6 is 0 Å². The van der Waals surface area contributed by atoms with Gasteiger partial charge in [0.1, 0.15) is 6.10 Å². The molecular weight excluding hydrogens is 244 g/mol. The number of amides is 1. The maximum absolute atomic E-state index is 12.9. The molecule has 4 nitrogen and oxygen atoms in total. The molecule has 1 aromatic rings. The number of carbonyl (C=O) groups is 2. The number of carbonyl (C=O) groups excluding carboxylic acids is 2. The van der Waals surface area contributed by atoms with Gasteiger partial charge >= 0.3 is 6.09 Å². The third-order valence-corrected chi connectivity index (χ3v) is 2.34. The van der Waals surface area contributed by atoms with E-state index in [2.05, 4.69) is 4.74 Å². The summed E-state index contributed by atoms with van der Waals surface area (Å²) in [5.41, 5.74) is 4.89. The summed E-state index contributed by atoms with van der Waals surface area (Å²) in [5, 5.41) is 0. The fraction of sp³-hybridized carbons (Fsp3) is 0.333. The number of ketones is 1. The zero-order valence-electron chi connectivity index (χ0n) is 9.78. The van der Waals surface area contributed by atoms with E-state index in [0.717, 1.165) is 12.1 Å². The van der Waals surface area contributed by atoms with Crippen LogP contribution in [-0.2, 0) is 4.74 Å². The monoisotopic (exact) mass is 257 g/mol. The number of halogens is 2.